The van der Waals surface area contributed by atoms with Crippen LogP contribution in [0.5, 0.6) is 0 Å². The molecule has 3 amide bonds. The summed E-state index contributed by atoms with van der Waals surface area (Å²) >= 11 is 0. The highest BCUT2D eigenvalue weighted by Crippen LogP contribution is 2.37. The van der Waals surface area contributed by atoms with E-state index in [1.165, 1.54) is 0 Å². The number of nitrogen functional groups attached to an aromatic ring is 1. The van der Waals surface area contributed by atoms with Gasteiger partial charge in [-0.25, -0.2) is 4.98 Å². The number of benzene rings is 1. The zero-order valence-electron chi connectivity index (χ0n) is 20.3. The van der Waals surface area contributed by atoms with Crippen LogP contribution in [0.3, 0.4) is 0 Å². The number of pyridine rings is 1. The first-order chi connectivity index (χ1) is 17.5. The van der Waals surface area contributed by atoms with E-state index in [2.05, 4.69) is 10.3 Å². The molecule has 12 heteroatoms. The number of hydrogen-bond donors (Lipinski definition) is 3. The molecule has 0 unspecified atom stereocenters. The second-order valence-electron chi connectivity index (χ2n) is 9.68. The van der Waals surface area contributed by atoms with E-state index < -0.39 is 49.0 Å². The molecular formula is C25H31F3N6O3. The van der Waals surface area contributed by atoms with Crippen molar-refractivity contribution in [1.29, 1.82) is 0 Å². The Morgan fingerprint density at radius 3 is 2.59 bits per heavy atom. The molecule has 2 aliphatic rings. The van der Waals surface area contributed by atoms with Crippen LogP contribution in [-0.4, -0.2) is 70.4 Å². The fourth-order valence-corrected chi connectivity index (χ4v) is 4.97. The number of halogens is 3. The molecule has 0 saturated carbocycles. The van der Waals surface area contributed by atoms with Crippen molar-refractivity contribution < 1.29 is 27.6 Å². The van der Waals surface area contributed by atoms with Crippen LogP contribution in [0.2, 0.25) is 0 Å². The lowest BCUT2D eigenvalue weighted by molar-refractivity contribution is -0.171. The summed E-state index contributed by atoms with van der Waals surface area (Å²) in [5.41, 5.74) is 12.6. The molecule has 2 aromatic rings. The summed E-state index contributed by atoms with van der Waals surface area (Å²) in [6, 6.07) is 4.58. The van der Waals surface area contributed by atoms with E-state index in [4.69, 9.17) is 11.5 Å². The Balaban J connectivity index is 1.41. The molecule has 1 aromatic heterocycles. The van der Waals surface area contributed by atoms with Crippen LogP contribution < -0.4 is 16.8 Å². The minimum absolute atomic E-state index is 0.00473. The van der Waals surface area contributed by atoms with Crippen LogP contribution in [-0.2, 0) is 20.9 Å². The minimum atomic E-state index is -4.56. The third-order valence-electron chi connectivity index (χ3n) is 7.12. The van der Waals surface area contributed by atoms with Crippen LogP contribution >= 0.6 is 0 Å². The Bertz CT molecular complexity index is 1170. The lowest BCUT2D eigenvalue weighted by Gasteiger charge is -2.27. The number of likely N-dealkylation sites (tertiary alicyclic amines) is 2. The molecule has 0 radical (unpaired) electrons. The Morgan fingerprint density at radius 2 is 1.89 bits per heavy atom. The standard InChI is InChI=1S/C25H31F3N6O3/c26-25(27,28)17-12-20(23(36)32-13-15-3-4-18-16(11-15)7-8-31-22(18)30)34(14-17)24(37)19(29)5-6-21(35)33-9-1-2-10-33/h3-4,7-8,11,17,19-20H,1-2,5-6,9-10,12-14,29H2,(H2,30,31)(H,32,36)/t17-,19+,20-/m0/s1. The van der Waals surface area contributed by atoms with Gasteiger partial charge < -0.3 is 26.6 Å². The number of carbonyl (C=O) groups is 3. The van der Waals surface area contributed by atoms with Crippen molar-refractivity contribution in [3.63, 3.8) is 0 Å². The maximum absolute atomic E-state index is 13.5. The van der Waals surface area contributed by atoms with E-state index in [1.807, 2.05) is 0 Å². The predicted molar refractivity (Wildman–Crippen MR) is 131 cm³/mol. The number of nitrogens with one attached hydrogen (secondary N) is 1. The van der Waals surface area contributed by atoms with Crippen LogP contribution in [0, 0.1) is 5.92 Å². The zero-order valence-corrected chi connectivity index (χ0v) is 20.3. The number of carbonyl (C=O) groups excluding carboxylic acids is 3. The molecule has 2 saturated heterocycles. The molecule has 3 atom stereocenters. The van der Waals surface area contributed by atoms with Crippen molar-refractivity contribution in [2.75, 3.05) is 25.4 Å². The number of nitrogens with two attached hydrogens (primary N) is 2. The fraction of sp³-hybridized carbons (Fsp3) is 0.520. The summed E-state index contributed by atoms with van der Waals surface area (Å²) < 4.78 is 40.6. The van der Waals surface area contributed by atoms with Gasteiger partial charge in [-0.15, -0.1) is 0 Å². The van der Waals surface area contributed by atoms with Gasteiger partial charge in [0.15, 0.2) is 0 Å². The van der Waals surface area contributed by atoms with E-state index in [0.29, 0.717) is 24.5 Å². The molecule has 4 rings (SSSR count). The molecule has 2 aliphatic heterocycles. The van der Waals surface area contributed by atoms with E-state index in [1.54, 1.807) is 35.4 Å². The van der Waals surface area contributed by atoms with Gasteiger partial charge >= 0.3 is 6.18 Å². The fourth-order valence-electron chi connectivity index (χ4n) is 4.97. The lowest BCUT2D eigenvalue weighted by atomic mass is 10.0. The summed E-state index contributed by atoms with van der Waals surface area (Å²) in [6.45, 7) is 0.731. The number of amides is 3. The van der Waals surface area contributed by atoms with Gasteiger partial charge in [0.1, 0.15) is 11.9 Å². The third kappa shape index (κ3) is 6.12. The first-order valence-corrected chi connectivity index (χ1v) is 12.4. The predicted octanol–water partition coefficient (Wildman–Crippen LogP) is 1.94. The number of anilines is 1. The quantitative estimate of drug-likeness (QED) is 0.511. The van der Waals surface area contributed by atoms with Gasteiger partial charge in [0.2, 0.25) is 17.7 Å². The van der Waals surface area contributed by atoms with Crippen molar-refractivity contribution in [2.24, 2.45) is 11.7 Å². The van der Waals surface area contributed by atoms with Crippen LogP contribution in [0.15, 0.2) is 30.5 Å². The van der Waals surface area contributed by atoms with Gasteiger partial charge in [0.05, 0.1) is 12.0 Å². The summed E-state index contributed by atoms with van der Waals surface area (Å²) in [6.07, 6.45) is -1.67. The molecule has 0 aliphatic carbocycles. The second-order valence-corrected chi connectivity index (χ2v) is 9.68. The van der Waals surface area contributed by atoms with Gasteiger partial charge in [-0.05, 0) is 48.8 Å². The van der Waals surface area contributed by atoms with Crippen molar-refractivity contribution in [3.05, 3.63) is 36.0 Å². The number of hydrogen-bond acceptors (Lipinski definition) is 6. The Hall–Kier alpha value is -3.41. The first-order valence-electron chi connectivity index (χ1n) is 12.4. The smallest absolute Gasteiger partial charge is 0.383 e. The van der Waals surface area contributed by atoms with Crippen LogP contribution in [0.25, 0.3) is 10.8 Å². The summed E-state index contributed by atoms with van der Waals surface area (Å²) in [4.78, 5) is 44.9. The van der Waals surface area contributed by atoms with Gasteiger partial charge in [-0.1, -0.05) is 12.1 Å². The highest BCUT2D eigenvalue weighted by Gasteiger charge is 2.51. The molecule has 2 fully saturated rings. The molecule has 200 valence electrons. The van der Waals surface area contributed by atoms with E-state index in [9.17, 15) is 27.6 Å². The van der Waals surface area contributed by atoms with Crippen molar-refractivity contribution >= 4 is 34.3 Å². The zero-order chi connectivity index (χ0) is 26.7. The van der Waals surface area contributed by atoms with Crippen LogP contribution in [0.4, 0.5) is 19.0 Å². The number of rotatable bonds is 7. The van der Waals surface area contributed by atoms with Gasteiger partial charge in [-0.2, -0.15) is 13.2 Å². The van der Waals surface area contributed by atoms with E-state index in [-0.39, 0.29) is 25.3 Å². The molecule has 5 N–H and O–H groups in total. The van der Waals surface area contributed by atoms with Gasteiger partial charge in [-0.3, -0.25) is 14.4 Å². The largest absolute Gasteiger partial charge is 0.393 e. The average molecular weight is 521 g/mol. The number of alkyl halides is 3. The van der Waals surface area contributed by atoms with Crippen molar-refractivity contribution in [1.82, 2.24) is 20.1 Å². The highest BCUT2D eigenvalue weighted by molar-refractivity contribution is 5.92. The summed E-state index contributed by atoms with van der Waals surface area (Å²) in [5.74, 6) is -3.03. The number of nitrogens with zero attached hydrogens (tertiary/aromatic N) is 3. The van der Waals surface area contributed by atoms with Gasteiger partial charge in [0.25, 0.3) is 0 Å². The Morgan fingerprint density at radius 1 is 1.16 bits per heavy atom. The lowest BCUT2D eigenvalue weighted by Crippen LogP contribution is -2.51. The van der Waals surface area contributed by atoms with E-state index in [0.717, 1.165) is 28.5 Å². The number of aromatic nitrogens is 1. The molecule has 0 bridgehead atoms. The van der Waals surface area contributed by atoms with Crippen molar-refractivity contribution in [3.8, 4) is 0 Å². The molecule has 1 aromatic carbocycles. The first kappa shape index (κ1) is 26.6. The number of fused-ring (bicyclic) bond motifs is 1. The second kappa shape index (κ2) is 10.9. The maximum atomic E-state index is 13.5. The molecule has 9 nitrogen and oxygen atoms in total. The monoisotopic (exact) mass is 520 g/mol. The summed E-state index contributed by atoms with van der Waals surface area (Å²) in [5, 5.41) is 4.21. The SMILES string of the molecule is Nc1nccc2cc(CNC(=O)[C@@H]3C[C@H](C(F)(F)F)CN3C(=O)[C@H](N)CCC(=O)N3CCCC3)ccc12. The Labute approximate surface area is 212 Å². The third-order valence-corrected chi connectivity index (χ3v) is 7.12. The molecular weight excluding hydrogens is 489 g/mol. The Kier molecular flexibility index (Phi) is 7.86. The summed E-state index contributed by atoms with van der Waals surface area (Å²) in [7, 11) is 0. The normalized spacial score (nSPS) is 20.9. The minimum Gasteiger partial charge on any atom is -0.383 e. The molecule has 3 heterocycles. The highest BCUT2D eigenvalue weighted by atomic mass is 19.4. The molecule has 37 heavy (non-hydrogen) atoms. The van der Waals surface area contributed by atoms with Crippen LogP contribution in [0.1, 0.15) is 37.7 Å². The maximum Gasteiger partial charge on any atom is 0.393 e. The molecule has 0 spiro atoms. The van der Waals surface area contributed by atoms with E-state index >= 15 is 0 Å². The van der Waals surface area contributed by atoms with Crippen molar-refractivity contribution in [2.45, 2.75) is 56.9 Å². The van der Waals surface area contributed by atoms with Gasteiger partial charge in [0, 0.05) is 44.2 Å². The topological polar surface area (TPSA) is 135 Å². The average Bonchev–Trinajstić information content (AvgIpc) is 3.56.